The number of carboxylic acid groups (broad SMARTS) is 1. The highest BCUT2D eigenvalue weighted by molar-refractivity contribution is 5.96. The van der Waals surface area contributed by atoms with E-state index in [2.05, 4.69) is 6.92 Å². The Morgan fingerprint density at radius 3 is 2.15 bits per heavy atom. The highest BCUT2D eigenvalue weighted by atomic mass is 16.5. The third-order valence-electron chi connectivity index (χ3n) is 9.16. The SMILES string of the molecule is CCCCCCCCCCOc1ccc(C(=O)OC2CCc3c(ccc(C(=O)O)c3OC(=O)c3ccc4c(c3)CCCC4)C2)cc1. The molecule has 0 saturated carbocycles. The largest absolute Gasteiger partial charge is 0.494 e. The molecule has 0 spiro atoms. The van der Waals surface area contributed by atoms with Crippen LogP contribution in [0, 0.1) is 0 Å². The Balaban J connectivity index is 1.15. The van der Waals surface area contributed by atoms with Gasteiger partial charge in [0, 0.05) is 6.42 Å². The molecule has 1 atom stereocenters. The Bertz CT molecular complexity index is 1510. The first-order valence-electron chi connectivity index (χ1n) is 17.1. The Kier molecular flexibility index (Phi) is 11.9. The fourth-order valence-electron chi connectivity index (χ4n) is 6.52. The maximum Gasteiger partial charge on any atom is 0.343 e. The van der Waals surface area contributed by atoms with Crippen molar-refractivity contribution >= 4 is 17.9 Å². The smallest absolute Gasteiger partial charge is 0.343 e. The predicted octanol–water partition coefficient (Wildman–Crippen LogP) is 8.72. The van der Waals surface area contributed by atoms with Crippen LogP contribution in [0.3, 0.4) is 0 Å². The number of carbonyl (C=O) groups excluding carboxylic acids is 2. The van der Waals surface area contributed by atoms with Gasteiger partial charge in [0.2, 0.25) is 0 Å². The fraction of sp³-hybridized carbons (Fsp3) is 0.462. The number of esters is 2. The quantitative estimate of drug-likeness (QED) is 0.102. The summed E-state index contributed by atoms with van der Waals surface area (Å²) < 4.78 is 17.5. The number of ether oxygens (including phenoxy) is 3. The molecule has 7 heteroatoms. The molecule has 46 heavy (non-hydrogen) atoms. The number of benzene rings is 3. The van der Waals surface area contributed by atoms with Gasteiger partial charge >= 0.3 is 17.9 Å². The standard InChI is InChI=1S/C39H46O7/c1-2-3-4-5-6-7-8-11-24-44-32-19-16-28(17-20-32)38(42)45-33-21-23-34-30(26-33)18-22-35(37(40)41)36(34)46-39(43)31-15-14-27-12-9-10-13-29(27)25-31/h14-20,22,25,33H,2-13,21,23-24,26H2,1H3,(H,40,41). The van der Waals surface area contributed by atoms with Crippen LogP contribution in [-0.4, -0.2) is 35.7 Å². The molecule has 0 aromatic heterocycles. The molecule has 3 aromatic rings. The number of hydrogen-bond donors (Lipinski definition) is 1. The van der Waals surface area contributed by atoms with Crippen LogP contribution in [0.1, 0.15) is 131 Å². The van der Waals surface area contributed by atoms with Gasteiger partial charge in [0.15, 0.2) is 0 Å². The second-order valence-electron chi connectivity index (χ2n) is 12.6. The van der Waals surface area contributed by atoms with Crippen LogP contribution in [-0.2, 0) is 30.4 Å². The van der Waals surface area contributed by atoms with E-state index in [-0.39, 0.29) is 17.4 Å². The van der Waals surface area contributed by atoms with Gasteiger partial charge in [-0.25, -0.2) is 14.4 Å². The van der Waals surface area contributed by atoms with Crippen molar-refractivity contribution in [1.29, 1.82) is 0 Å². The number of unbranched alkanes of at least 4 members (excludes halogenated alkanes) is 7. The van der Waals surface area contributed by atoms with Crippen molar-refractivity contribution < 1.29 is 33.7 Å². The number of hydrogen-bond acceptors (Lipinski definition) is 6. The van der Waals surface area contributed by atoms with Gasteiger partial charge in [-0.2, -0.15) is 0 Å². The molecule has 2 aliphatic rings. The lowest BCUT2D eigenvalue weighted by molar-refractivity contribution is 0.0270. The van der Waals surface area contributed by atoms with Crippen LogP contribution in [0.4, 0.5) is 0 Å². The summed E-state index contributed by atoms with van der Waals surface area (Å²) >= 11 is 0. The van der Waals surface area contributed by atoms with Crippen LogP contribution >= 0.6 is 0 Å². The Morgan fingerprint density at radius 1 is 0.739 bits per heavy atom. The van der Waals surface area contributed by atoms with Gasteiger partial charge in [0.25, 0.3) is 0 Å². The molecule has 3 aromatic carbocycles. The highest BCUT2D eigenvalue weighted by Gasteiger charge is 2.29. The molecule has 0 aliphatic heterocycles. The third kappa shape index (κ3) is 8.77. The minimum Gasteiger partial charge on any atom is -0.494 e. The van der Waals surface area contributed by atoms with E-state index in [0.29, 0.717) is 42.6 Å². The zero-order chi connectivity index (χ0) is 32.3. The summed E-state index contributed by atoms with van der Waals surface area (Å²) in [4.78, 5) is 38.2. The van der Waals surface area contributed by atoms with Gasteiger partial charge in [0.05, 0.1) is 17.7 Å². The molecule has 1 unspecified atom stereocenters. The molecule has 0 fully saturated rings. The highest BCUT2D eigenvalue weighted by Crippen LogP contribution is 2.35. The van der Waals surface area contributed by atoms with Crippen molar-refractivity contribution in [1.82, 2.24) is 0 Å². The summed E-state index contributed by atoms with van der Waals surface area (Å²) in [6, 6.07) is 15.8. The Hall–Kier alpha value is -4.13. The van der Waals surface area contributed by atoms with E-state index >= 15 is 0 Å². The van der Waals surface area contributed by atoms with Crippen molar-refractivity contribution in [3.8, 4) is 11.5 Å². The number of rotatable bonds is 15. The molecular formula is C39H46O7. The fourth-order valence-corrected chi connectivity index (χ4v) is 6.52. The second kappa shape index (κ2) is 16.4. The summed E-state index contributed by atoms with van der Waals surface area (Å²) in [6.07, 6.45) is 15.1. The lowest BCUT2D eigenvalue weighted by Gasteiger charge is -2.27. The Labute approximate surface area is 272 Å². The first-order valence-corrected chi connectivity index (χ1v) is 17.1. The third-order valence-corrected chi connectivity index (χ3v) is 9.16. The van der Waals surface area contributed by atoms with E-state index < -0.39 is 17.9 Å². The minimum atomic E-state index is -1.16. The lowest BCUT2D eigenvalue weighted by Crippen LogP contribution is -2.27. The molecule has 244 valence electrons. The predicted molar refractivity (Wildman–Crippen MR) is 177 cm³/mol. The lowest BCUT2D eigenvalue weighted by atomic mass is 9.87. The van der Waals surface area contributed by atoms with Gasteiger partial charge in [-0.1, -0.05) is 64.0 Å². The number of fused-ring (bicyclic) bond motifs is 2. The molecule has 0 bridgehead atoms. The van der Waals surface area contributed by atoms with Gasteiger partial charge in [-0.05, 0) is 110 Å². The molecule has 1 N–H and O–H groups in total. The maximum absolute atomic E-state index is 13.2. The first-order chi connectivity index (χ1) is 22.4. The van der Waals surface area contributed by atoms with Gasteiger partial charge < -0.3 is 19.3 Å². The van der Waals surface area contributed by atoms with E-state index in [4.69, 9.17) is 14.2 Å². The summed E-state index contributed by atoms with van der Waals surface area (Å²) in [6.45, 7) is 2.89. The number of carbonyl (C=O) groups is 3. The summed E-state index contributed by atoms with van der Waals surface area (Å²) in [7, 11) is 0. The molecule has 0 radical (unpaired) electrons. The van der Waals surface area contributed by atoms with Gasteiger partial charge in [0.1, 0.15) is 23.2 Å². The maximum atomic E-state index is 13.2. The van der Waals surface area contributed by atoms with Crippen LogP contribution in [0.2, 0.25) is 0 Å². The normalized spacial score (nSPS) is 15.4. The first kappa shape index (κ1) is 33.2. The number of carboxylic acids is 1. The monoisotopic (exact) mass is 626 g/mol. The van der Waals surface area contributed by atoms with Gasteiger partial charge in [-0.15, -0.1) is 0 Å². The van der Waals surface area contributed by atoms with Crippen molar-refractivity contribution in [2.75, 3.05) is 6.61 Å². The molecular weight excluding hydrogens is 580 g/mol. The minimum absolute atomic E-state index is 0.0507. The van der Waals surface area contributed by atoms with E-state index in [1.807, 2.05) is 12.1 Å². The molecule has 0 heterocycles. The topological polar surface area (TPSA) is 99.1 Å². The molecule has 2 aliphatic carbocycles. The zero-order valence-corrected chi connectivity index (χ0v) is 27.0. The molecule has 5 rings (SSSR count). The zero-order valence-electron chi connectivity index (χ0n) is 27.0. The summed E-state index contributed by atoms with van der Waals surface area (Å²) in [5.74, 6) is -1.32. The average Bonchev–Trinajstić information content (AvgIpc) is 3.07. The molecule has 0 amide bonds. The van der Waals surface area contributed by atoms with Crippen molar-refractivity contribution in [3.63, 3.8) is 0 Å². The van der Waals surface area contributed by atoms with E-state index in [0.717, 1.165) is 55.4 Å². The van der Waals surface area contributed by atoms with E-state index in [1.54, 1.807) is 36.4 Å². The number of aromatic carboxylic acids is 1. The van der Waals surface area contributed by atoms with Gasteiger partial charge in [-0.3, -0.25) is 0 Å². The second-order valence-corrected chi connectivity index (χ2v) is 12.6. The molecule has 0 saturated heterocycles. The van der Waals surface area contributed by atoms with E-state index in [9.17, 15) is 19.5 Å². The van der Waals surface area contributed by atoms with Crippen LogP contribution in [0.25, 0.3) is 0 Å². The van der Waals surface area contributed by atoms with Crippen LogP contribution in [0.15, 0.2) is 54.6 Å². The number of aryl methyl sites for hydroxylation is 2. The summed E-state index contributed by atoms with van der Waals surface area (Å²) in [5.41, 5.74) is 4.71. The summed E-state index contributed by atoms with van der Waals surface area (Å²) in [5, 5.41) is 9.87. The molecule has 7 nitrogen and oxygen atoms in total. The van der Waals surface area contributed by atoms with Crippen LogP contribution in [0.5, 0.6) is 11.5 Å². The van der Waals surface area contributed by atoms with Crippen molar-refractivity contribution in [3.05, 3.63) is 93.5 Å². The average molecular weight is 627 g/mol. The van der Waals surface area contributed by atoms with Crippen molar-refractivity contribution in [2.24, 2.45) is 0 Å². The van der Waals surface area contributed by atoms with Crippen molar-refractivity contribution in [2.45, 2.75) is 109 Å². The Morgan fingerprint density at radius 2 is 1.41 bits per heavy atom. The van der Waals surface area contributed by atoms with E-state index in [1.165, 1.54) is 50.2 Å². The van der Waals surface area contributed by atoms with Crippen LogP contribution < -0.4 is 9.47 Å².